The first-order chi connectivity index (χ1) is 11.3. The molecule has 1 heterocycles. The van der Waals surface area contributed by atoms with Crippen LogP contribution in [0.2, 0.25) is 0 Å². The molecule has 0 aliphatic rings. The molecule has 2 N–H and O–H groups in total. The van der Waals surface area contributed by atoms with Crippen LogP contribution in [0.25, 0.3) is 16.5 Å². The minimum Gasteiger partial charge on any atom is -0.398 e. The van der Waals surface area contributed by atoms with Crippen LogP contribution >= 0.6 is 0 Å². The number of hydrogen-bond donors (Lipinski definition) is 1. The van der Waals surface area contributed by atoms with E-state index in [1.807, 2.05) is 24.4 Å². The molecule has 0 fully saturated rings. The quantitative estimate of drug-likeness (QED) is 0.588. The maximum atomic E-state index is 6.23. The summed E-state index contributed by atoms with van der Waals surface area (Å²) in [5.41, 5.74) is 10.3. The molecule has 0 aliphatic carbocycles. The van der Waals surface area contributed by atoms with Crippen LogP contribution in [-0.4, -0.2) is 15.0 Å². The lowest BCUT2D eigenvalue weighted by molar-refractivity contribution is 0.795. The van der Waals surface area contributed by atoms with Gasteiger partial charge in [-0.25, -0.2) is 4.68 Å². The third-order valence-electron chi connectivity index (χ3n) is 4.05. The SMILES string of the molecule is Nc1cccc(-n2ccnn2)c1Cc1ccc2ccccc2c1. The average Bonchev–Trinajstić information content (AvgIpc) is 3.11. The molecule has 0 saturated heterocycles. The lowest BCUT2D eigenvalue weighted by atomic mass is 9.99. The molecule has 112 valence electrons. The van der Waals surface area contributed by atoms with Gasteiger partial charge in [0, 0.05) is 17.7 Å². The molecule has 3 aromatic carbocycles. The van der Waals surface area contributed by atoms with Crippen molar-refractivity contribution in [1.29, 1.82) is 0 Å². The van der Waals surface area contributed by atoms with Crippen molar-refractivity contribution in [1.82, 2.24) is 15.0 Å². The summed E-state index contributed by atoms with van der Waals surface area (Å²) in [5, 5.41) is 10.5. The van der Waals surface area contributed by atoms with Gasteiger partial charge in [0.2, 0.25) is 0 Å². The predicted molar refractivity (Wildman–Crippen MR) is 92.5 cm³/mol. The Kier molecular flexibility index (Phi) is 3.27. The van der Waals surface area contributed by atoms with Crippen LogP contribution in [0, 0.1) is 0 Å². The molecule has 23 heavy (non-hydrogen) atoms. The second-order valence-electron chi connectivity index (χ2n) is 5.55. The van der Waals surface area contributed by atoms with E-state index in [0.29, 0.717) is 0 Å². The van der Waals surface area contributed by atoms with Crippen LogP contribution in [0.4, 0.5) is 5.69 Å². The van der Waals surface area contributed by atoms with E-state index in [0.717, 1.165) is 23.4 Å². The Morgan fingerprint density at radius 1 is 0.913 bits per heavy atom. The molecule has 0 unspecified atom stereocenters. The van der Waals surface area contributed by atoms with E-state index in [1.165, 1.54) is 16.3 Å². The normalized spacial score (nSPS) is 11.0. The van der Waals surface area contributed by atoms with Gasteiger partial charge in [-0.15, -0.1) is 5.10 Å². The molecule has 0 radical (unpaired) electrons. The fourth-order valence-electron chi connectivity index (χ4n) is 2.89. The molecule has 0 aliphatic heterocycles. The second-order valence-corrected chi connectivity index (χ2v) is 5.55. The van der Waals surface area contributed by atoms with Crippen molar-refractivity contribution in [3.63, 3.8) is 0 Å². The highest BCUT2D eigenvalue weighted by Crippen LogP contribution is 2.25. The van der Waals surface area contributed by atoms with Crippen molar-refractivity contribution in [2.24, 2.45) is 0 Å². The lowest BCUT2D eigenvalue weighted by Gasteiger charge is -2.12. The highest BCUT2D eigenvalue weighted by molar-refractivity contribution is 5.83. The van der Waals surface area contributed by atoms with Crippen molar-refractivity contribution in [2.45, 2.75) is 6.42 Å². The fourth-order valence-corrected chi connectivity index (χ4v) is 2.89. The van der Waals surface area contributed by atoms with Crippen LogP contribution < -0.4 is 5.73 Å². The standard InChI is InChI=1S/C19H16N4/c20-18-6-3-7-19(23-11-10-21-22-23)17(18)13-14-8-9-15-4-1-2-5-16(15)12-14/h1-12H,13,20H2. The molecule has 0 atom stereocenters. The molecule has 0 saturated carbocycles. The lowest BCUT2D eigenvalue weighted by Crippen LogP contribution is -2.05. The highest BCUT2D eigenvalue weighted by atomic mass is 15.4. The Hall–Kier alpha value is -3.14. The van der Waals surface area contributed by atoms with Crippen LogP contribution in [0.5, 0.6) is 0 Å². The van der Waals surface area contributed by atoms with Crippen LogP contribution in [-0.2, 0) is 6.42 Å². The maximum Gasteiger partial charge on any atom is 0.0719 e. The summed E-state index contributed by atoms with van der Waals surface area (Å²) in [6.07, 6.45) is 4.26. The smallest absolute Gasteiger partial charge is 0.0719 e. The van der Waals surface area contributed by atoms with E-state index >= 15 is 0 Å². The summed E-state index contributed by atoms with van der Waals surface area (Å²) in [6, 6.07) is 20.8. The van der Waals surface area contributed by atoms with Gasteiger partial charge in [-0.3, -0.25) is 0 Å². The summed E-state index contributed by atoms with van der Waals surface area (Å²) < 4.78 is 1.76. The average molecular weight is 300 g/mol. The van der Waals surface area contributed by atoms with Crippen molar-refractivity contribution >= 4 is 16.5 Å². The molecule has 1 aromatic heterocycles. The summed E-state index contributed by atoms with van der Waals surface area (Å²) >= 11 is 0. The van der Waals surface area contributed by atoms with Gasteiger partial charge in [0.15, 0.2) is 0 Å². The van der Waals surface area contributed by atoms with Crippen LogP contribution in [0.3, 0.4) is 0 Å². The third-order valence-corrected chi connectivity index (χ3v) is 4.05. The Morgan fingerprint density at radius 2 is 1.78 bits per heavy atom. The molecule has 4 nitrogen and oxygen atoms in total. The topological polar surface area (TPSA) is 56.7 Å². The van der Waals surface area contributed by atoms with Gasteiger partial charge >= 0.3 is 0 Å². The number of benzene rings is 3. The molecule has 4 heteroatoms. The Bertz CT molecular complexity index is 958. The fraction of sp³-hybridized carbons (Fsp3) is 0.0526. The number of nitrogens with zero attached hydrogens (tertiary/aromatic N) is 3. The summed E-state index contributed by atoms with van der Waals surface area (Å²) in [5.74, 6) is 0. The van der Waals surface area contributed by atoms with E-state index in [1.54, 1.807) is 10.9 Å². The number of hydrogen-bond acceptors (Lipinski definition) is 3. The Balaban J connectivity index is 1.78. The first-order valence-electron chi connectivity index (χ1n) is 7.53. The Morgan fingerprint density at radius 3 is 2.61 bits per heavy atom. The number of nitrogens with two attached hydrogens (primary N) is 1. The number of anilines is 1. The van der Waals surface area contributed by atoms with E-state index < -0.39 is 0 Å². The molecule has 4 rings (SSSR count). The number of aromatic nitrogens is 3. The zero-order chi connectivity index (χ0) is 15.6. The largest absolute Gasteiger partial charge is 0.398 e. The van der Waals surface area contributed by atoms with Crippen molar-refractivity contribution in [3.8, 4) is 5.69 Å². The zero-order valence-corrected chi connectivity index (χ0v) is 12.6. The molecular weight excluding hydrogens is 284 g/mol. The number of rotatable bonds is 3. The first kappa shape index (κ1) is 13.5. The minimum absolute atomic E-state index is 0.757. The van der Waals surface area contributed by atoms with Gasteiger partial charge < -0.3 is 5.73 Å². The first-order valence-corrected chi connectivity index (χ1v) is 7.53. The molecule has 0 amide bonds. The monoisotopic (exact) mass is 300 g/mol. The molecular formula is C19H16N4. The van der Waals surface area contributed by atoms with E-state index in [4.69, 9.17) is 5.73 Å². The third kappa shape index (κ3) is 2.55. The van der Waals surface area contributed by atoms with E-state index in [2.05, 4.69) is 52.8 Å². The molecule has 4 aromatic rings. The van der Waals surface area contributed by atoms with Crippen molar-refractivity contribution in [2.75, 3.05) is 5.73 Å². The maximum absolute atomic E-state index is 6.23. The minimum atomic E-state index is 0.757. The molecule has 0 spiro atoms. The van der Waals surface area contributed by atoms with Crippen LogP contribution in [0.1, 0.15) is 11.1 Å². The predicted octanol–water partition coefficient (Wildman–Crippen LogP) is 3.59. The summed E-state index contributed by atoms with van der Waals surface area (Å²) in [7, 11) is 0. The second kappa shape index (κ2) is 5.57. The van der Waals surface area contributed by atoms with E-state index in [9.17, 15) is 0 Å². The molecule has 0 bridgehead atoms. The summed E-state index contributed by atoms with van der Waals surface area (Å²) in [6.45, 7) is 0. The highest BCUT2D eigenvalue weighted by Gasteiger charge is 2.10. The number of nitrogen functional groups attached to an aromatic ring is 1. The van der Waals surface area contributed by atoms with Gasteiger partial charge in [0.05, 0.1) is 18.1 Å². The van der Waals surface area contributed by atoms with Gasteiger partial charge in [-0.2, -0.15) is 0 Å². The van der Waals surface area contributed by atoms with Gasteiger partial charge in [-0.1, -0.05) is 53.7 Å². The van der Waals surface area contributed by atoms with Gasteiger partial charge in [0.25, 0.3) is 0 Å². The van der Waals surface area contributed by atoms with Gasteiger partial charge in [0.1, 0.15) is 0 Å². The summed E-state index contributed by atoms with van der Waals surface area (Å²) in [4.78, 5) is 0. The Labute approximate surface area is 134 Å². The van der Waals surface area contributed by atoms with Crippen molar-refractivity contribution < 1.29 is 0 Å². The van der Waals surface area contributed by atoms with Gasteiger partial charge in [-0.05, 0) is 28.5 Å². The van der Waals surface area contributed by atoms with E-state index in [-0.39, 0.29) is 0 Å². The number of fused-ring (bicyclic) bond motifs is 1. The van der Waals surface area contributed by atoms with Crippen LogP contribution in [0.15, 0.2) is 73.1 Å². The van der Waals surface area contributed by atoms with Crippen molar-refractivity contribution in [3.05, 3.63) is 84.2 Å². The zero-order valence-electron chi connectivity index (χ0n) is 12.6.